The lowest BCUT2D eigenvalue weighted by molar-refractivity contribution is -0.137. The summed E-state index contributed by atoms with van der Waals surface area (Å²) >= 11 is 0. The molecule has 4 nitrogen and oxygen atoms in total. The summed E-state index contributed by atoms with van der Waals surface area (Å²) in [5, 5.41) is 0. The van der Waals surface area contributed by atoms with Crippen LogP contribution in [0.4, 0.5) is 13.2 Å². The summed E-state index contributed by atoms with van der Waals surface area (Å²) in [4.78, 5) is -0.340. The van der Waals surface area contributed by atoms with Gasteiger partial charge in [-0.05, 0) is 31.0 Å². The SMILES string of the molecule is NCC1CCCN1S(=O)(=O)c1cccc(C(F)(F)F)c1. The largest absolute Gasteiger partial charge is 0.416 e. The second-order valence-corrected chi connectivity index (χ2v) is 6.56. The summed E-state index contributed by atoms with van der Waals surface area (Å²) in [6.45, 7) is 0.457. The van der Waals surface area contributed by atoms with Gasteiger partial charge in [0, 0.05) is 19.1 Å². The molecule has 0 aromatic heterocycles. The van der Waals surface area contributed by atoms with E-state index < -0.39 is 21.8 Å². The molecular weight excluding hydrogens is 293 g/mol. The average molecular weight is 308 g/mol. The molecule has 0 amide bonds. The van der Waals surface area contributed by atoms with Crippen LogP contribution in [0.2, 0.25) is 0 Å². The Hall–Kier alpha value is -1.12. The third kappa shape index (κ3) is 2.82. The number of alkyl halides is 3. The van der Waals surface area contributed by atoms with Gasteiger partial charge in [0.15, 0.2) is 0 Å². The fourth-order valence-electron chi connectivity index (χ4n) is 2.33. The van der Waals surface area contributed by atoms with Crippen molar-refractivity contribution in [3.63, 3.8) is 0 Å². The van der Waals surface area contributed by atoms with Gasteiger partial charge in [-0.1, -0.05) is 6.07 Å². The first kappa shape index (κ1) is 15.3. The Kier molecular flexibility index (Phi) is 4.08. The van der Waals surface area contributed by atoms with E-state index >= 15 is 0 Å². The van der Waals surface area contributed by atoms with Crippen LogP contribution in [0.1, 0.15) is 18.4 Å². The van der Waals surface area contributed by atoms with E-state index in [1.165, 1.54) is 10.4 Å². The molecule has 112 valence electrons. The fourth-order valence-corrected chi connectivity index (χ4v) is 4.08. The average Bonchev–Trinajstić information content (AvgIpc) is 2.87. The summed E-state index contributed by atoms with van der Waals surface area (Å²) in [5.74, 6) is 0. The van der Waals surface area contributed by atoms with Crippen LogP contribution in [0, 0.1) is 0 Å². The van der Waals surface area contributed by atoms with Gasteiger partial charge >= 0.3 is 6.18 Å². The lowest BCUT2D eigenvalue weighted by Gasteiger charge is -2.23. The zero-order valence-electron chi connectivity index (χ0n) is 10.6. The van der Waals surface area contributed by atoms with E-state index in [9.17, 15) is 21.6 Å². The molecule has 1 atom stereocenters. The van der Waals surface area contributed by atoms with Gasteiger partial charge in [0.2, 0.25) is 10.0 Å². The van der Waals surface area contributed by atoms with Gasteiger partial charge in [-0.25, -0.2) is 8.42 Å². The molecule has 0 aliphatic carbocycles. The minimum Gasteiger partial charge on any atom is -0.329 e. The standard InChI is InChI=1S/C12H15F3N2O2S/c13-12(14,15)9-3-1-5-11(7-9)20(18,19)17-6-2-4-10(17)8-16/h1,3,5,7,10H,2,4,6,8,16H2. The molecule has 1 heterocycles. The summed E-state index contributed by atoms with van der Waals surface area (Å²) < 4.78 is 63.9. The third-order valence-corrected chi connectivity index (χ3v) is 5.31. The molecule has 0 bridgehead atoms. The monoisotopic (exact) mass is 308 g/mol. The maximum absolute atomic E-state index is 12.6. The summed E-state index contributed by atoms with van der Waals surface area (Å²) in [6, 6.07) is 3.46. The van der Waals surface area contributed by atoms with Crippen LogP contribution in [-0.4, -0.2) is 31.9 Å². The van der Waals surface area contributed by atoms with Crippen molar-refractivity contribution in [3.8, 4) is 0 Å². The number of nitrogens with zero attached hydrogens (tertiary/aromatic N) is 1. The molecule has 20 heavy (non-hydrogen) atoms. The predicted octanol–water partition coefficient (Wildman–Crippen LogP) is 1.82. The Morgan fingerprint density at radius 2 is 2.05 bits per heavy atom. The fraction of sp³-hybridized carbons (Fsp3) is 0.500. The van der Waals surface area contributed by atoms with Crippen LogP contribution >= 0.6 is 0 Å². The second-order valence-electron chi connectivity index (χ2n) is 4.67. The molecule has 1 aliphatic rings. The Morgan fingerprint density at radius 1 is 1.35 bits per heavy atom. The predicted molar refractivity (Wildman–Crippen MR) is 67.4 cm³/mol. The number of sulfonamides is 1. The lowest BCUT2D eigenvalue weighted by atomic mass is 10.2. The number of hydrogen-bond acceptors (Lipinski definition) is 3. The first-order valence-electron chi connectivity index (χ1n) is 6.16. The number of halogens is 3. The number of rotatable bonds is 3. The van der Waals surface area contributed by atoms with Gasteiger partial charge < -0.3 is 5.73 Å². The smallest absolute Gasteiger partial charge is 0.329 e. The zero-order valence-corrected chi connectivity index (χ0v) is 11.4. The highest BCUT2D eigenvalue weighted by Crippen LogP contribution is 2.32. The van der Waals surface area contributed by atoms with Crippen molar-refractivity contribution in [2.24, 2.45) is 5.73 Å². The van der Waals surface area contributed by atoms with Crippen LogP contribution in [0.25, 0.3) is 0 Å². The maximum Gasteiger partial charge on any atom is 0.416 e. The maximum atomic E-state index is 12.6. The molecule has 8 heteroatoms. The molecular formula is C12H15F3N2O2S. The van der Waals surface area contributed by atoms with E-state index in [-0.39, 0.29) is 17.5 Å². The molecule has 0 spiro atoms. The van der Waals surface area contributed by atoms with Crippen LogP contribution in [-0.2, 0) is 16.2 Å². The zero-order chi connectivity index (χ0) is 15.0. The molecule has 2 N–H and O–H groups in total. The highest BCUT2D eigenvalue weighted by atomic mass is 32.2. The first-order valence-corrected chi connectivity index (χ1v) is 7.60. The molecule has 1 unspecified atom stereocenters. The molecule has 1 fully saturated rings. The van der Waals surface area contributed by atoms with Gasteiger partial charge in [0.25, 0.3) is 0 Å². The summed E-state index contributed by atoms with van der Waals surface area (Å²) in [7, 11) is -3.93. The van der Waals surface area contributed by atoms with Gasteiger partial charge in [0.1, 0.15) is 0 Å². The molecule has 1 aliphatic heterocycles. The Labute approximate surface area is 115 Å². The summed E-state index contributed by atoms with van der Waals surface area (Å²) in [6.07, 6.45) is -3.27. The lowest BCUT2D eigenvalue weighted by Crippen LogP contribution is -2.39. The minimum atomic E-state index is -4.57. The minimum absolute atomic E-state index is 0.165. The van der Waals surface area contributed by atoms with Crippen LogP contribution in [0.5, 0.6) is 0 Å². The van der Waals surface area contributed by atoms with Crippen molar-refractivity contribution in [3.05, 3.63) is 29.8 Å². The van der Waals surface area contributed by atoms with E-state index in [4.69, 9.17) is 5.73 Å². The quantitative estimate of drug-likeness (QED) is 0.926. The van der Waals surface area contributed by atoms with E-state index in [1.54, 1.807) is 0 Å². The van der Waals surface area contributed by atoms with E-state index in [1.807, 2.05) is 0 Å². The van der Waals surface area contributed by atoms with Crippen LogP contribution < -0.4 is 5.73 Å². The van der Waals surface area contributed by atoms with Gasteiger partial charge in [-0.15, -0.1) is 0 Å². The Balaban J connectivity index is 2.40. The first-order chi connectivity index (χ1) is 9.26. The van der Waals surface area contributed by atoms with Crippen LogP contribution in [0.15, 0.2) is 29.2 Å². The van der Waals surface area contributed by atoms with Gasteiger partial charge in [-0.3, -0.25) is 0 Å². The van der Waals surface area contributed by atoms with Crippen molar-refractivity contribution in [2.75, 3.05) is 13.1 Å². The number of hydrogen-bond donors (Lipinski definition) is 1. The summed E-state index contributed by atoms with van der Waals surface area (Å²) in [5.41, 5.74) is 4.54. The van der Waals surface area contributed by atoms with E-state index in [0.29, 0.717) is 25.5 Å². The third-order valence-electron chi connectivity index (χ3n) is 3.36. The van der Waals surface area contributed by atoms with Crippen molar-refractivity contribution in [2.45, 2.75) is 30.0 Å². The molecule has 0 saturated carbocycles. The van der Waals surface area contributed by atoms with Crippen molar-refractivity contribution in [1.82, 2.24) is 4.31 Å². The Bertz CT molecular complexity index is 587. The highest BCUT2D eigenvalue weighted by molar-refractivity contribution is 7.89. The molecule has 1 saturated heterocycles. The van der Waals surface area contributed by atoms with Gasteiger partial charge in [0.05, 0.1) is 10.5 Å². The van der Waals surface area contributed by atoms with Crippen molar-refractivity contribution in [1.29, 1.82) is 0 Å². The molecule has 0 radical (unpaired) electrons. The van der Waals surface area contributed by atoms with Crippen molar-refractivity contribution >= 4 is 10.0 Å². The highest BCUT2D eigenvalue weighted by Gasteiger charge is 2.36. The Morgan fingerprint density at radius 3 is 2.65 bits per heavy atom. The van der Waals surface area contributed by atoms with E-state index in [0.717, 1.165) is 12.1 Å². The molecule has 1 aromatic rings. The number of nitrogens with two attached hydrogens (primary N) is 1. The normalized spacial score (nSPS) is 21.3. The van der Waals surface area contributed by atoms with Crippen LogP contribution in [0.3, 0.4) is 0 Å². The second kappa shape index (κ2) is 5.34. The molecule has 2 rings (SSSR count). The topological polar surface area (TPSA) is 63.4 Å². The van der Waals surface area contributed by atoms with Crippen molar-refractivity contribution < 1.29 is 21.6 Å². The van der Waals surface area contributed by atoms with Gasteiger partial charge in [-0.2, -0.15) is 17.5 Å². The molecule has 1 aromatic carbocycles. The number of benzene rings is 1. The van der Waals surface area contributed by atoms with E-state index in [2.05, 4.69) is 0 Å².